The molecule has 0 aliphatic heterocycles. The van der Waals surface area contributed by atoms with Crippen LogP contribution in [0.2, 0.25) is 0 Å². The second-order valence-corrected chi connectivity index (χ2v) is 5.21. The van der Waals surface area contributed by atoms with E-state index in [1.165, 1.54) is 6.07 Å². The number of hydrogen-bond acceptors (Lipinski definition) is 2. The van der Waals surface area contributed by atoms with Gasteiger partial charge in [0.1, 0.15) is 10.4 Å². The van der Waals surface area contributed by atoms with Crippen molar-refractivity contribution in [3.05, 3.63) is 58.1 Å². The highest BCUT2D eigenvalue weighted by Crippen LogP contribution is 2.25. The Balaban J connectivity index is 2.24. The van der Waals surface area contributed by atoms with Crippen molar-refractivity contribution >= 4 is 21.6 Å². The first-order chi connectivity index (χ1) is 9.11. The van der Waals surface area contributed by atoms with Gasteiger partial charge in [-0.2, -0.15) is 0 Å². The number of nitrogens with zero attached hydrogens (tertiary/aromatic N) is 1. The van der Waals surface area contributed by atoms with Crippen LogP contribution < -0.4 is 5.32 Å². The van der Waals surface area contributed by atoms with Crippen molar-refractivity contribution in [3.63, 3.8) is 0 Å². The lowest BCUT2D eigenvalue weighted by molar-refractivity contribution is 0.587. The smallest absolute Gasteiger partial charge is 0.128 e. The molecule has 1 N–H and O–H groups in total. The van der Waals surface area contributed by atoms with Crippen LogP contribution in [0.25, 0.3) is 0 Å². The number of nitrogens with one attached hydrogen (secondary N) is 1. The second-order valence-electron chi connectivity index (χ2n) is 4.46. The second kappa shape index (κ2) is 6.15. The molecule has 0 fully saturated rings. The van der Waals surface area contributed by atoms with Gasteiger partial charge in [0.2, 0.25) is 0 Å². The minimum Gasteiger partial charge on any atom is -0.377 e. The number of hydrogen-bond donors (Lipinski definition) is 1. The van der Waals surface area contributed by atoms with E-state index in [1.54, 1.807) is 12.3 Å². The fourth-order valence-electron chi connectivity index (χ4n) is 2.00. The molecule has 0 saturated heterocycles. The third-order valence-electron chi connectivity index (χ3n) is 3.04. The van der Waals surface area contributed by atoms with Crippen LogP contribution in [0.3, 0.4) is 0 Å². The number of pyridine rings is 1. The lowest BCUT2D eigenvalue weighted by Gasteiger charge is -2.19. The molecular weight excluding hydrogens is 307 g/mol. The van der Waals surface area contributed by atoms with Crippen molar-refractivity contribution in [2.24, 2.45) is 0 Å². The first kappa shape index (κ1) is 14.0. The molecule has 2 rings (SSSR count). The average molecular weight is 323 g/mol. The van der Waals surface area contributed by atoms with Crippen LogP contribution >= 0.6 is 15.9 Å². The summed E-state index contributed by atoms with van der Waals surface area (Å²) in [6.07, 6.45) is 2.55. The summed E-state index contributed by atoms with van der Waals surface area (Å²) in [5.74, 6) is -0.177. The molecule has 0 aliphatic rings. The summed E-state index contributed by atoms with van der Waals surface area (Å²) in [5.41, 5.74) is 2.63. The Hall–Kier alpha value is -1.42. The number of aryl methyl sites for hydroxylation is 1. The van der Waals surface area contributed by atoms with Gasteiger partial charge >= 0.3 is 0 Å². The number of aromatic nitrogens is 1. The molecule has 0 saturated carbocycles. The predicted octanol–water partition coefficient (Wildman–Crippen LogP) is 4.85. The van der Waals surface area contributed by atoms with E-state index in [9.17, 15) is 4.39 Å². The van der Waals surface area contributed by atoms with Gasteiger partial charge in [-0.05, 0) is 47.0 Å². The zero-order valence-corrected chi connectivity index (χ0v) is 12.5. The fourth-order valence-corrected chi connectivity index (χ4v) is 2.21. The van der Waals surface area contributed by atoms with Crippen molar-refractivity contribution < 1.29 is 4.39 Å². The van der Waals surface area contributed by atoms with E-state index in [0.717, 1.165) is 22.3 Å². The maximum atomic E-state index is 13.8. The number of anilines is 1. The highest BCUT2D eigenvalue weighted by atomic mass is 79.9. The van der Waals surface area contributed by atoms with Crippen LogP contribution in [0.1, 0.15) is 30.5 Å². The van der Waals surface area contributed by atoms with Crippen LogP contribution in [0, 0.1) is 12.7 Å². The van der Waals surface area contributed by atoms with Gasteiger partial charge in [0.15, 0.2) is 0 Å². The quantitative estimate of drug-likeness (QED) is 0.813. The lowest BCUT2D eigenvalue weighted by Crippen LogP contribution is -2.11. The van der Waals surface area contributed by atoms with Crippen LogP contribution in [-0.4, -0.2) is 4.98 Å². The Morgan fingerprint density at radius 2 is 2.11 bits per heavy atom. The summed E-state index contributed by atoms with van der Waals surface area (Å²) in [7, 11) is 0. The minimum absolute atomic E-state index is 0.0522. The molecule has 4 heteroatoms. The summed E-state index contributed by atoms with van der Waals surface area (Å²) in [6.45, 7) is 4.01. The molecule has 19 heavy (non-hydrogen) atoms. The van der Waals surface area contributed by atoms with Gasteiger partial charge in [-0.15, -0.1) is 0 Å². The van der Waals surface area contributed by atoms with Gasteiger partial charge in [0.25, 0.3) is 0 Å². The van der Waals surface area contributed by atoms with Crippen molar-refractivity contribution in [2.75, 3.05) is 5.32 Å². The Morgan fingerprint density at radius 3 is 2.74 bits per heavy atom. The first-order valence-corrected chi connectivity index (χ1v) is 7.04. The van der Waals surface area contributed by atoms with Gasteiger partial charge in [-0.3, -0.25) is 0 Å². The molecule has 0 spiro atoms. The summed E-state index contributed by atoms with van der Waals surface area (Å²) in [5, 5.41) is 3.33. The van der Waals surface area contributed by atoms with Crippen molar-refractivity contribution in [3.8, 4) is 0 Å². The number of rotatable bonds is 4. The van der Waals surface area contributed by atoms with Crippen LogP contribution in [-0.2, 0) is 0 Å². The maximum Gasteiger partial charge on any atom is 0.128 e. The molecule has 1 atom stereocenters. The molecule has 1 aromatic heterocycles. The lowest BCUT2D eigenvalue weighted by atomic mass is 10.0. The van der Waals surface area contributed by atoms with E-state index in [0.29, 0.717) is 5.56 Å². The zero-order valence-electron chi connectivity index (χ0n) is 11.0. The van der Waals surface area contributed by atoms with E-state index in [-0.39, 0.29) is 11.9 Å². The van der Waals surface area contributed by atoms with Gasteiger partial charge < -0.3 is 5.32 Å². The maximum absolute atomic E-state index is 13.8. The van der Waals surface area contributed by atoms with Gasteiger partial charge in [-0.1, -0.05) is 25.1 Å². The topological polar surface area (TPSA) is 24.9 Å². The van der Waals surface area contributed by atoms with Crippen molar-refractivity contribution in [1.29, 1.82) is 0 Å². The molecule has 2 aromatic rings. The molecular formula is C15H16BrFN2. The van der Waals surface area contributed by atoms with Gasteiger partial charge in [0, 0.05) is 5.56 Å². The normalized spacial score (nSPS) is 12.2. The SMILES string of the molecule is CCC(Nc1cnc(Br)c(C)c1)c1ccccc1F. The number of halogens is 2. The summed E-state index contributed by atoms with van der Waals surface area (Å²) in [6, 6.07) is 8.81. The molecule has 0 amide bonds. The molecule has 100 valence electrons. The molecule has 1 unspecified atom stereocenters. The van der Waals surface area contributed by atoms with E-state index in [2.05, 4.69) is 26.2 Å². The Morgan fingerprint density at radius 1 is 1.37 bits per heavy atom. The van der Waals surface area contributed by atoms with Crippen LogP contribution in [0.4, 0.5) is 10.1 Å². The highest BCUT2D eigenvalue weighted by molar-refractivity contribution is 9.10. The minimum atomic E-state index is -0.177. The van der Waals surface area contributed by atoms with Crippen molar-refractivity contribution in [2.45, 2.75) is 26.3 Å². The molecule has 0 aliphatic carbocycles. The highest BCUT2D eigenvalue weighted by Gasteiger charge is 2.13. The van der Waals surface area contributed by atoms with Gasteiger partial charge in [0.05, 0.1) is 17.9 Å². The summed E-state index contributed by atoms with van der Waals surface area (Å²) in [4.78, 5) is 4.24. The Labute approximate surface area is 121 Å². The van der Waals surface area contributed by atoms with Gasteiger partial charge in [-0.25, -0.2) is 9.37 Å². The van der Waals surface area contributed by atoms with Crippen LogP contribution in [0.5, 0.6) is 0 Å². The zero-order chi connectivity index (χ0) is 13.8. The van der Waals surface area contributed by atoms with Crippen LogP contribution in [0.15, 0.2) is 41.1 Å². The van der Waals surface area contributed by atoms with E-state index in [4.69, 9.17) is 0 Å². The molecule has 0 radical (unpaired) electrons. The molecule has 2 nitrogen and oxygen atoms in total. The Kier molecular flexibility index (Phi) is 4.53. The van der Waals surface area contributed by atoms with E-state index < -0.39 is 0 Å². The number of benzene rings is 1. The standard InChI is InChI=1S/C15H16BrFN2/c1-3-14(12-6-4-5-7-13(12)17)19-11-8-10(2)15(16)18-9-11/h4-9,14,19H,3H2,1-2H3. The fraction of sp³-hybridized carbons (Fsp3) is 0.267. The third kappa shape index (κ3) is 3.32. The predicted molar refractivity (Wildman–Crippen MR) is 79.7 cm³/mol. The molecule has 1 heterocycles. The molecule has 1 aromatic carbocycles. The summed E-state index contributed by atoms with van der Waals surface area (Å²) >= 11 is 3.37. The molecule has 0 bridgehead atoms. The van der Waals surface area contributed by atoms with Crippen molar-refractivity contribution in [1.82, 2.24) is 4.98 Å². The largest absolute Gasteiger partial charge is 0.377 e. The third-order valence-corrected chi connectivity index (χ3v) is 3.87. The summed E-state index contributed by atoms with van der Waals surface area (Å²) < 4.78 is 14.6. The monoisotopic (exact) mass is 322 g/mol. The van der Waals surface area contributed by atoms with E-state index in [1.807, 2.05) is 32.0 Å². The Bertz CT molecular complexity index is 572. The van der Waals surface area contributed by atoms with E-state index >= 15 is 0 Å². The first-order valence-electron chi connectivity index (χ1n) is 6.25. The average Bonchev–Trinajstić information content (AvgIpc) is 2.41.